The number of aromatic carboxylic acids is 1. The third-order valence-electron chi connectivity index (χ3n) is 5.00. The van der Waals surface area contributed by atoms with Crippen molar-refractivity contribution < 1.29 is 23.8 Å². The van der Waals surface area contributed by atoms with E-state index in [1.165, 1.54) is 6.07 Å². The van der Waals surface area contributed by atoms with Crippen molar-refractivity contribution in [2.45, 2.75) is 18.9 Å². The predicted molar refractivity (Wildman–Crippen MR) is 103 cm³/mol. The minimum atomic E-state index is -1.25. The van der Waals surface area contributed by atoms with Crippen molar-refractivity contribution in [1.29, 1.82) is 0 Å². The molecule has 1 atom stereocenters. The lowest BCUT2D eigenvalue weighted by molar-refractivity contribution is 0.0688. The fourth-order valence-electron chi connectivity index (χ4n) is 3.41. The van der Waals surface area contributed by atoms with Crippen molar-refractivity contribution in [2.75, 3.05) is 6.61 Å². The standard InChI is InChI=1S/C21H17FN4O4/c1-12-4-5-13(9-14(12)22)21(6-8-30-17-3-2-7-23-18(17)21)26-19(27)15-10-25-16(11-24-15)20(28)29/h2-5,7,9-11H,6,8H2,1H3,(H,26,27)(H,28,29)/t21-/m0/s1. The highest BCUT2D eigenvalue weighted by atomic mass is 19.1. The van der Waals surface area contributed by atoms with Gasteiger partial charge in [0.1, 0.15) is 28.5 Å². The van der Waals surface area contributed by atoms with Crippen LogP contribution < -0.4 is 10.1 Å². The van der Waals surface area contributed by atoms with Crippen molar-refractivity contribution in [3.8, 4) is 5.75 Å². The van der Waals surface area contributed by atoms with E-state index in [9.17, 15) is 14.0 Å². The van der Waals surface area contributed by atoms with E-state index in [-0.39, 0.29) is 18.0 Å². The van der Waals surface area contributed by atoms with Crippen molar-refractivity contribution in [1.82, 2.24) is 20.3 Å². The van der Waals surface area contributed by atoms with Gasteiger partial charge in [-0.05, 0) is 36.2 Å². The second-order valence-corrected chi connectivity index (χ2v) is 6.86. The zero-order valence-corrected chi connectivity index (χ0v) is 15.9. The Morgan fingerprint density at radius 1 is 1.17 bits per heavy atom. The quantitative estimate of drug-likeness (QED) is 0.682. The monoisotopic (exact) mass is 408 g/mol. The first-order valence-electron chi connectivity index (χ1n) is 9.13. The number of benzene rings is 1. The molecule has 4 rings (SSSR count). The number of carboxylic acid groups (broad SMARTS) is 1. The van der Waals surface area contributed by atoms with Gasteiger partial charge >= 0.3 is 5.97 Å². The molecular weight excluding hydrogens is 391 g/mol. The summed E-state index contributed by atoms with van der Waals surface area (Å²) in [5.74, 6) is -1.77. The number of hydrogen-bond acceptors (Lipinski definition) is 6. The Balaban J connectivity index is 1.80. The maximum atomic E-state index is 14.4. The summed E-state index contributed by atoms with van der Waals surface area (Å²) >= 11 is 0. The summed E-state index contributed by atoms with van der Waals surface area (Å²) in [5, 5.41) is 11.9. The summed E-state index contributed by atoms with van der Waals surface area (Å²) in [6.45, 7) is 1.93. The van der Waals surface area contributed by atoms with Crippen LogP contribution in [0.5, 0.6) is 5.75 Å². The number of nitrogens with one attached hydrogen (secondary N) is 1. The first-order valence-corrected chi connectivity index (χ1v) is 9.13. The van der Waals surface area contributed by atoms with Gasteiger partial charge in [-0.15, -0.1) is 0 Å². The Kier molecular flexibility index (Phi) is 4.86. The van der Waals surface area contributed by atoms with Gasteiger partial charge in [0.25, 0.3) is 5.91 Å². The lowest BCUT2D eigenvalue weighted by Crippen LogP contribution is -2.50. The zero-order chi connectivity index (χ0) is 21.3. The zero-order valence-electron chi connectivity index (χ0n) is 15.9. The smallest absolute Gasteiger partial charge is 0.356 e. The van der Waals surface area contributed by atoms with E-state index in [2.05, 4.69) is 20.3 Å². The second-order valence-electron chi connectivity index (χ2n) is 6.86. The summed E-state index contributed by atoms with van der Waals surface area (Å²) < 4.78 is 20.1. The first kappa shape index (κ1) is 19.4. The topological polar surface area (TPSA) is 114 Å². The van der Waals surface area contributed by atoms with Crippen LogP contribution in [0.15, 0.2) is 48.9 Å². The van der Waals surface area contributed by atoms with Gasteiger partial charge in [-0.2, -0.15) is 0 Å². The number of halogens is 1. The number of ether oxygens (including phenoxy) is 1. The molecule has 3 heterocycles. The highest BCUT2D eigenvalue weighted by Gasteiger charge is 2.43. The van der Waals surface area contributed by atoms with Crippen LogP contribution in [-0.2, 0) is 5.54 Å². The van der Waals surface area contributed by atoms with Crippen molar-refractivity contribution >= 4 is 11.9 Å². The minimum absolute atomic E-state index is 0.0732. The molecule has 0 radical (unpaired) electrons. The molecule has 2 aromatic heterocycles. The van der Waals surface area contributed by atoms with Gasteiger partial charge in [-0.25, -0.2) is 19.2 Å². The largest absolute Gasteiger partial charge is 0.491 e. The molecule has 0 unspecified atom stereocenters. The van der Waals surface area contributed by atoms with E-state index in [1.807, 2.05) is 0 Å². The Hall–Kier alpha value is -3.88. The molecule has 152 valence electrons. The van der Waals surface area contributed by atoms with Gasteiger partial charge in [-0.3, -0.25) is 9.78 Å². The summed E-state index contributed by atoms with van der Waals surface area (Å²) in [5.41, 5.74) is -0.0759. The molecule has 0 aliphatic carbocycles. The Morgan fingerprint density at radius 2 is 1.93 bits per heavy atom. The molecule has 1 aliphatic rings. The summed E-state index contributed by atoms with van der Waals surface area (Å²) in [7, 11) is 0. The SMILES string of the molecule is Cc1ccc([C@@]2(NC(=O)c3cnc(C(=O)O)cn3)CCOc3cccnc32)cc1F. The summed E-state index contributed by atoms with van der Waals surface area (Å²) in [6.07, 6.45) is 3.97. The fraction of sp³-hybridized carbons (Fsp3) is 0.190. The highest BCUT2D eigenvalue weighted by molar-refractivity contribution is 5.93. The van der Waals surface area contributed by atoms with Crippen LogP contribution in [0, 0.1) is 12.7 Å². The molecule has 0 saturated heterocycles. The molecule has 0 saturated carbocycles. The second kappa shape index (κ2) is 7.51. The van der Waals surface area contributed by atoms with Crippen LogP contribution >= 0.6 is 0 Å². The molecule has 2 N–H and O–H groups in total. The number of nitrogens with zero attached hydrogens (tertiary/aromatic N) is 3. The molecule has 1 aliphatic heterocycles. The number of fused-ring (bicyclic) bond motifs is 1. The number of pyridine rings is 1. The van der Waals surface area contributed by atoms with Crippen LogP contribution in [0.3, 0.4) is 0 Å². The average Bonchev–Trinajstić information content (AvgIpc) is 2.76. The predicted octanol–water partition coefficient (Wildman–Crippen LogP) is 2.47. The van der Waals surface area contributed by atoms with Crippen LogP contribution in [-0.4, -0.2) is 38.5 Å². The van der Waals surface area contributed by atoms with Gasteiger partial charge in [0.2, 0.25) is 0 Å². The van der Waals surface area contributed by atoms with E-state index in [1.54, 1.807) is 37.4 Å². The van der Waals surface area contributed by atoms with Crippen LogP contribution in [0.4, 0.5) is 4.39 Å². The van der Waals surface area contributed by atoms with E-state index in [0.717, 1.165) is 12.4 Å². The molecule has 3 aromatic rings. The molecule has 8 nitrogen and oxygen atoms in total. The first-order chi connectivity index (χ1) is 14.4. The third kappa shape index (κ3) is 3.34. The molecule has 30 heavy (non-hydrogen) atoms. The minimum Gasteiger partial charge on any atom is -0.491 e. The molecule has 9 heteroatoms. The van der Waals surface area contributed by atoms with Gasteiger partial charge < -0.3 is 15.2 Å². The molecule has 0 spiro atoms. The van der Waals surface area contributed by atoms with Crippen LogP contribution in [0.2, 0.25) is 0 Å². The molecule has 0 bridgehead atoms. The molecule has 0 fully saturated rings. The van der Waals surface area contributed by atoms with Gasteiger partial charge in [0, 0.05) is 12.6 Å². The van der Waals surface area contributed by atoms with E-state index in [4.69, 9.17) is 9.84 Å². The van der Waals surface area contributed by atoms with E-state index >= 15 is 0 Å². The molecule has 1 amide bonds. The number of rotatable bonds is 4. The molecular formula is C21H17FN4O4. The summed E-state index contributed by atoms with van der Waals surface area (Å²) in [6, 6.07) is 8.19. The van der Waals surface area contributed by atoms with Crippen LogP contribution in [0.1, 0.15) is 44.2 Å². The number of carboxylic acids is 1. The Labute approximate surface area is 170 Å². The van der Waals surface area contributed by atoms with Gasteiger partial charge in [-0.1, -0.05) is 12.1 Å². The normalized spacial score (nSPS) is 17.5. The van der Waals surface area contributed by atoms with E-state index in [0.29, 0.717) is 29.0 Å². The van der Waals surface area contributed by atoms with E-state index < -0.39 is 23.2 Å². The maximum absolute atomic E-state index is 14.4. The number of aryl methyl sites for hydroxylation is 1. The van der Waals surface area contributed by atoms with Gasteiger partial charge in [0.15, 0.2) is 5.69 Å². The number of amides is 1. The fourth-order valence-corrected chi connectivity index (χ4v) is 3.41. The lowest BCUT2D eigenvalue weighted by Gasteiger charge is -2.38. The number of aromatic nitrogens is 3. The Bertz CT molecular complexity index is 1140. The van der Waals surface area contributed by atoms with Crippen molar-refractivity contribution in [3.63, 3.8) is 0 Å². The maximum Gasteiger partial charge on any atom is 0.356 e. The molecule has 1 aromatic carbocycles. The lowest BCUT2D eigenvalue weighted by atomic mass is 9.81. The van der Waals surface area contributed by atoms with Gasteiger partial charge in [0.05, 0.1) is 19.0 Å². The number of carbonyl (C=O) groups excluding carboxylic acids is 1. The third-order valence-corrected chi connectivity index (χ3v) is 5.00. The number of hydrogen-bond donors (Lipinski definition) is 2. The number of carbonyl (C=O) groups is 2. The summed E-state index contributed by atoms with van der Waals surface area (Å²) in [4.78, 5) is 36.0. The van der Waals surface area contributed by atoms with Crippen molar-refractivity contribution in [2.24, 2.45) is 0 Å². The van der Waals surface area contributed by atoms with Crippen LogP contribution in [0.25, 0.3) is 0 Å². The Morgan fingerprint density at radius 3 is 2.63 bits per heavy atom. The average molecular weight is 408 g/mol. The van der Waals surface area contributed by atoms with Crippen molar-refractivity contribution in [3.05, 3.63) is 82.9 Å². The highest BCUT2D eigenvalue weighted by Crippen LogP contribution is 2.41.